The van der Waals surface area contributed by atoms with Crippen molar-refractivity contribution < 1.29 is 9.59 Å². The highest BCUT2D eigenvalue weighted by Gasteiger charge is 2.35. The second-order valence-electron chi connectivity index (χ2n) is 9.15. The SMILES string of the molecule is CCCN1c2cc(Cl)c(/C=C3/NC(=O)N(Cc4ccc(Cl)c(Cl)c4)C3=O)cc2C(C)=CC1(C)C. The predicted molar refractivity (Wildman–Crippen MR) is 140 cm³/mol. The van der Waals surface area contributed by atoms with Crippen LogP contribution in [0.2, 0.25) is 15.1 Å². The van der Waals surface area contributed by atoms with Crippen molar-refractivity contribution in [1.29, 1.82) is 0 Å². The average molecular weight is 519 g/mol. The molecule has 34 heavy (non-hydrogen) atoms. The maximum Gasteiger partial charge on any atom is 0.329 e. The van der Waals surface area contributed by atoms with Crippen LogP contribution in [0.25, 0.3) is 11.6 Å². The molecule has 2 heterocycles. The minimum atomic E-state index is -0.497. The summed E-state index contributed by atoms with van der Waals surface area (Å²) in [7, 11) is 0. The Labute approximate surface area is 215 Å². The summed E-state index contributed by atoms with van der Waals surface area (Å²) in [4.78, 5) is 29.0. The number of fused-ring (bicyclic) bond motifs is 1. The Morgan fingerprint density at radius 1 is 1.03 bits per heavy atom. The van der Waals surface area contributed by atoms with E-state index >= 15 is 0 Å². The maximum absolute atomic E-state index is 13.0. The summed E-state index contributed by atoms with van der Waals surface area (Å²) in [6.07, 6.45) is 4.89. The molecule has 0 spiro atoms. The number of benzene rings is 2. The molecule has 0 radical (unpaired) electrons. The van der Waals surface area contributed by atoms with E-state index in [-0.39, 0.29) is 17.8 Å². The number of halogens is 3. The number of anilines is 1. The third kappa shape index (κ3) is 4.57. The Balaban J connectivity index is 1.66. The Bertz CT molecular complexity index is 1250. The fourth-order valence-electron chi connectivity index (χ4n) is 4.55. The molecule has 5 nitrogen and oxygen atoms in total. The lowest BCUT2D eigenvalue weighted by molar-refractivity contribution is -0.123. The topological polar surface area (TPSA) is 52.7 Å². The number of carbonyl (C=O) groups excluding carboxylic acids is 2. The van der Waals surface area contributed by atoms with Crippen molar-refractivity contribution in [3.8, 4) is 0 Å². The van der Waals surface area contributed by atoms with E-state index in [9.17, 15) is 9.59 Å². The van der Waals surface area contributed by atoms with E-state index in [4.69, 9.17) is 34.8 Å². The third-order valence-electron chi connectivity index (χ3n) is 6.13. The first-order chi connectivity index (χ1) is 16.0. The molecule has 4 rings (SSSR count). The molecular formula is C26H26Cl3N3O2. The zero-order valence-corrected chi connectivity index (χ0v) is 21.8. The molecule has 2 aromatic carbocycles. The van der Waals surface area contributed by atoms with Crippen LogP contribution >= 0.6 is 34.8 Å². The number of allylic oxidation sites excluding steroid dienone is 1. The average Bonchev–Trinajstić information content (AvgIpc) is 3.01. The van der Waals surface area contributed by atoms with E-state index < -0.39 is 11.9 Å². The number of carbonyl (C=O) groups is 2. The van der Waals surface area contributed by atoms with Crippen LogP contribution in [0.1, 0.15) is 50.8 Å². The number of urea groups is 1. The van der Waals surface area contributed by atoms with Crippen LogP contribution < -0.4 is 10.2 Å². The molecule has 2 aliphatic rings. The monoisotopic (exact) mass is 517 g/mol. The van der Waals surface area contributed by atoms with E-state index in [1.807, 2.05) is 12.1 Å². The molecule has 3 amide bonds. The van der Waals surface area contributed by atoms with Crippen LogP contribution in [0, 0.1) is 0 Å². The van der Waals surface area contributed by atoms with Crippen LogP contribution in [0.5, 0.6) is 0 Å². The summed E-state index contributed by atoms with van der Waals surface area (Å²) in [5, 5.41) is 3.96. The predicted octanol–water partition coefficient (Wildman–Crippen LogP) is 7.15. The minimum absolute atomic E-state index is 0.0831. The lowest BCUT2D eigenvalue weighted by Crippen LogP contribution is -2.45. The van der Waals surface area contributed by atoms with Gasteiger partial charge in [-0.2, -0.15) is 0 Å². The standard InChI is InChI=1S/C26H26Cl3N3O2/c1-5-8-32-23-12-20(28)17(10-18(23)15(2)13-26(32,3)4)11-22-24(33)31(25(34)30-22)14-16-6-7-19(27)21(29)9-16/h6-7,9-13H,5,8,14H2,1-4H3,(H,30,34)/b22-11+. The zero-order valence-electron chi connectivity index (χ0n) is 19.5. The van der Waals surface area contributed by atoms with Gasteiger partial charge in [-0.05, 0) is 74.2 Å². The molecule has 1 N–H and O–H groups in total. The second kappa shape index (κ2) is 9.29. The van der Waals surface area contributed by atoms with Gasteiger partial charge in [0.15, 0.2) is 0 Å². The molecule has 2 aromatic rings. The van der Waals surface area contributed by atoms with Gasteiger partial charge in [-0.15, -0.1) is 0 Å². The Morgan fingerprint density at radius 2 is 1.76 bits per heavy atom. The number of hydrogen-bond donors (Lipinski definition) is 1. The summed E-state index contributed by atoms with van der Waals surface area (Å²) in [6, 6.07) is 8.45. The largest absolute Gasteiger partial charge is 0.362 e. The maximum atomic E-state index is 13.0. The van der Waals surface area contributed by atoms with Gasteiger partial charge in [0.25, 0.3) is 5.91 Å². The van der Waals surface area contributed by atoms with Crippen molar-refractivity contribution in [3.63, 3.8) is 0 Å². The quantitative estimate of drug-likeness (QED) is 0.338. The van der Waals surface area contributed by atoms with E-state index in [1.165, 1.54) is 0 Å². The van der Waals surface area contributed by atoms with Crippen LogP contribution in [0.15, 0.2) is 42.1 Å². The van der Waals surface area contributed by atoms with Crippen LogP contribution in [-0.4, -0.2) is 28.9 Å². The molecule has 2 aliphatic heterocycles. The lowest BCUT2D eigenvalue weighted by atomic mass is 9.87. The first-order valence-corrected chi connectivity index (χ1v) is 12.2. The first kappa shape index (κ1) is 24.6. The zero-order chi connectivity index (χ0) is 24.8. The van der Waals surface area contributed by atoms with Crippen LogP contribution in [0.4, 0.5) is 10.5 Å². The van der Waals surface area contributed by atoms with Gasteiger partial charge in [-0.25, -0.2) is 4.79 Å². The van der Waals surface area contributed by atoms with Gasteiger partial charge in [-0.1, -0.05) is 53.9 Å². The van der Waals surface area contributed by atoms with Crippen molar-refractivity contribution in [3.05, 3.63) is 73.9 Å². The molecule has 0 atom stereocenters. The number of amides is 3. The Morgan fingerprint density at radius 3 is 2.44 bits per heavy atom. The van der Waals surface area contributed by atoms with Gasteiger partial charge in [0.1, 0.15) is 5.70 Å². The van der Waals surface area contributed by atoms with Crippen LogP contribution in [-0.2, 0) is 11.3 Å². The van der Waals surface area contributed by atoms with Crippen molar-refractivity contribution in [2.75, 3.05) is 11.4 Å². The van der Waals surface area contributed by atoms with E-state index in [1.54, 1.807) is 24.3 Å². The van der Waals surface area contributed by atoms with Crippen molar-refractivity contribution in [2.24, 2.45) is 0 Å². The first-order valence-electron chi connectivity index (χ1n) is 11.1. The molecule has 0 bridgehead atoms. The molecule has 0 unspecified atom stereocenters. The van der Waals surface area contributed by atoms with Crippen molar-refractivity contribution >= 4 is 64.1 Å². The van der Waals surface area contributed by atoms with E-state index in [0.717, 1.165) is 34.7 Å². The normalized spacial score (nSPS) is 18.3. The fraction of sp³-hybridized carbons (Fsp3) is 0.308. The minimum Gasteiger partial charge on any atom is -0.362 e. The number of nitrogens with one attached hydrogen (secondary N) is 1. The Kier molecular flexibility index (Phi) is 6.74. The summed E-state index contributed by atoms with van der Waals surface area (Å²) in [5.74, 6) is -0.425. The van der Waals surface area contributed by atoms with Gasteiger partial charge < -0.3 is 10.2 Å². The van der Waals surface area contributed by atoms with Crippen molar-refractivity contribution in [1.82, 2.24) is 10.2 Å². The Hall–Kier alpha value is -2.47. The van der Waals surface area contributed by atoms with Crippen molar-refractivity contribution in [2.45, 2.75) is 46.2 Å². The second-order valence-corrected chi connectivity index (χ2v) is 10.4. The molecule has 0 saturated carbocycles. The molecule has 0 aliphatic carbocycles. The van der Waals surface area contributed by atoms with Gasteiger partial charge in [-0.3, -0.25) is 9.69 Å². The summed E-state index contributed by atoms with van der Waals surface area (Å²) in [6.45, 7) is 9.59. The highest BCUT2D eigenvalue weighted by Crippen LogP contribution is 2.42. The van der Waals surface area contributed by atoms with Gasteiger partial charge >= 0.3 is 6.03 Å². The van der Waals surface area contributed by atoms with Gasteiger partial charge in [0, 0.05) is 22.8 Å². The molecule has 8 heteroatoms. The number of rotatable bonds is 5. The summed E-state index contributed by atoms with van der Waals surface area (Å²) < 4.78 is 0. The highest BCUT2D eigenvalue weighted by molar-refractivity contribution is 6.42. The third-order valence-corrected chi connectivity index (χ3v) is 7.20. The highest BCUT2D eigenvalue weighted by atomic mass is 35.5. The lowest BCUT2D eigenvalue weighted by Gasteiger charge is -2.43. The molecular weight excluding hydrogens is 493 g/mol. The smallest absolute Gasteiger partial charge is 0.329 e. The molecule has 178 valence electrons. The molecule has 0 aromatic heterocycles. The number of nitrogens with zero attached hydrogens (tertiary/aromatic N) is 2. The number of imide groups is 1. The van der Waals surface area contributed by atoms with Crippen LogP contribution in [0.3, 0.4) is 0 Å². The van der Waals surface area contributed by atoms with Gasteiger partial charge in [0.2, 0.25) is 0 Å². The molecule has 1 fully saturated rings. The fourth-order valence-corrected chi connectivity index (χ4v) is 5.08. The number of hydrogen-bond acceptors (Lipinski definition) is 3. The molecule has 1 saturated heterocycles. The van der Waals surface area contributed by atoms with E-state index in [2.05, 4.69) is 44.0 Å². The van der Waals surface area contributed by atoms with E-state index in [0.29, 0.717) is 26.2 Å². The summed E-state index contributed by atoms with van der Waals surface area (Å²) in [5.41, 5.74) is 4.70. The summed E-state index contributed by atoms with van der Waals surface area (Å²) >= 11 is 18.7. The van der Waals surface area contributed by atoms with Gasteiger partial charge in [0.05, 0.1) is 22.1 Å².